The van der Waals surface area contributed by atoms with Crippen molar-refractivity contribution in [3.05, 3.63) is 16.3 Å². The number of ether oxygens (including phenoxy) is 1. The van der Waals surface area contributed by atoms with Gasteiger partial charge in [0, 0.05) is 6.04 Å². The van der Waals surface area contributed by atoms with Crippen LogP contribution in [0.3, 0.4) is 0 Å². The van der Waals surface area contributed by atoms with Gasteiger partial charge in [0.1, 0.15) is 9.77 Å². The van der Waals surface area contributed by atoms with E-state index in [1.165, 1.54) is 13.2 Å². The van der Waals surface area contributed by atoms with Crippen LogP contribution in [0.15, 0.2) is 16.3 Å². The first-order chi connectivity index (χ1) is 7.38. The second-order valence-electron chi connectivity index (χ2n) is 3.38. The molecule has 1 aromatic heterocycles. The summed E-state index contributed by atoms with van der Waals surface area (Å²) < 4.78 is 30.6. The van der Waals surface area contributed by atoms with E-state index in [9.17, 15) is 13.2 Å². The molecule has 0 aliphatic heterocycles. The zero-order chi connectivity index (χ0) is 12.3. The van der Waals surface area contributed by atoms with Crippen LogP contribution < -0.4 is 4.72 Å². The molecule has 0 aliphatic carbocycles. The summed E-state index contributed by atoms with van der Waals surface area (Å²) in [5.41, 5.74) is 0. The third-order valence-corrected chi connectivity index (χ3v) is 4.40. The molecule has 1 N–H and O–H groups in total. The van der Waals surface area contributed by atoms with Crippen molar-refractivity contribution in [2.75, 3.05) is 7.11 Å². The molecule has 1 aromatic rings. The van der Waals surface area contributed by atoms with Crippen molar-refractivity contribution < 1.29 is 17.9 Å². The number of rotatable bonds is 4. The average molecular weight is 263 g/mol. The molecule has 7 heteroatoms. The Morgan fingerprint density at radius 2 is 2.12 bits per heavy atom. The summed E-state index contributed by atoms with van der Waals surface area (Å²) in [6, 6.07) is 1.16. The summed E-state index contributed by atoms with van der Waals surface area (Å²) in [5, 5.41) is 1.54. The zero-order valence-corrected chi connectivity index (χ0v) is 10.8. The lowest BCUT2D eigenvalue weighted by atomic mass is 10.4. The number of nitrogens with one attached hydrogen (secondary N) is 1. The summed E-state index contributed by atoms with van der Waals surface area (Å²) >= 11 is 1.04. The van der Waals surface area contributed by atoms with E-state index in [1.54, 1.807) is 19.2 Å². The van der Waals surface area contributed by atoms with Gasteiger partial charge in [-0.1, -0.05) is 0 Å². The predicted octanol–water partition coefficient (Wildman–Crippen LogP) is 1.22. The molecule has 5 nitrogen and oxygen atoms in total. The molecule has 0 saturated heterocycles. The maximum atomic E-state index is 11.8. The molecule has 0 radical (unpaired) electrons. The lowest BCUT2D eigenvalue weighted by Crippen LogP contribution is -2.30. The average Bonchev–Trinajstić information content (AvgIpc) is 2.63. The first-order valence-corrected chi connectivity index (χ1v) is 6.93. The van der Waals surface area contributed by atoms with E-state index in [4.69, 9.17) is 0 Å². The molecule has 0 bridgehead atoms. The molecule has 0 aliphatic rings. The minimum absolute atomic E-state index is 0.0296. The van der Waals surface area contributed by atoms with Crippen LogP contribution in [0.2, 0.25) is 0 Å². The monoisotopic (exact) mass is 263 g/mol. The van der Waals surface area contributed by atoms with Gasteiger partial charge in [0.25, 0.3) is 0 Å². The number of thiophene rings is 1. The predicted molar refractivity (Wildman–Crippen MR) is 61.1 cm³/mol. The molecule has 90 valence electrons. The summed E-state index contributed by atoms with van der Waals surface area (Å²) in [7, 11) is -2.43. The molecular weight excluding hydrogens is 250 g/mol. The maximum absolute atomic E-state index is 11.8. The van der Waals surface area contributed by atoms with Gasteiger partial charge in [-0.15, -0.1) is 11.3 Å². The van der Waals surface area contributed by atoms with Crippen LogP contribution in [-0.2, 0) is 14.8 Å². The Hall–Kier alpha value is -0.920. The number of hydrogen-bond acceptors (Lipinski definition) is 5. The zero-order valence-electron chi connectivity index (χ0n) is 9.18. The van der Waals surface area contributed by atoms with E-state index in [2.05, 4.69) is 9.46 Å². The third-order valence-electron chi connectivity index (χ3n) is 1.68. The van der Waals surface area contributed by atoms with Crippen LogP contribution in [0.4, 0.5) is 0 Å². The van der Waals surface area contributed by atoms with Gasteiger partial charge in [-0.3, -0.25) is 0 Å². The van der Waals surface area contributed by atoms with Crippen LogP contribution in [0.5, 0.6) is 0 Å². The van der Waals surface area contributed by atoms with Gasteiger partial charge in [-0.25, -0.2) is 17.9 Å². The Morgan fingerprint density at radius 1 is 1.50 bits per heavy atom. The SMILES string of the molecule is COC(=O)c1sccc1S(=O)(=O)NC(C)C. The van der Waals surface area contributed by atoms with Crippen molar-refractivity contribution in [3.63, 3.8) is 0 Å². The van der Waals surface area contributed by atoms with Gasteiger partial charge in [-0.05, 0) is 25.3 Å². The van der Waals surface area contributed by atoms with Gasteiger partial charge >= 0.3 is 5.97 Å². The van der Waals surface area contributed by atoms with Crippen LogP contribution in [0, 0.1) is 0 Å². The van der Waals surface area contributed by atoms with E-state index >= 15 is 0 Å². The third kappa shape index (κ3) is 2.81. The van der Waals surface area contributed by atoms with Gasteiger partial charge in [0.2, 0.25) is 10.0 Å². The number of esters is 1. The van der Waals surface area contributed by atoms with Crippen LogP contribution in [0.25, 0.3) is 0 Å². The topological polar surface area (TPSA) is 72.5 Å². The Balaban J connectivity index is 3.14. The Kier molecular flexibility index (Phi) is 4.06. The number of hydrogen-bond donors (Lipinski definition) is 1. The van der Waals surface area contributed by atoms with Crippen LogP contribution in [-0.4, -0.2) is 27.5 Å². The Morgan fingerprint density at radius 3 is 2.62 bits per heavy atom. The minimum Gasteiger partial charge on any atom is -0.465 e. The molecule has 0 saturated carbocycles. The smallest absolute Gasteiger partial charge is 0.349 e. The summed E-state index contributed by atoms with van der Waals surface area (Å²) in [6.07, 6.45) is 0. The number of sulfonamides is 1. The quantitative estimate of drug-likeness (QED) is 0.829. The lowest BCUT2D eigenvalue weighted by molar-refractivity contribution is 0.0602. The van der Waals surface area contributed by atoms with E-state index in [-0.39, 0.29) is 15.8 Å². The molecule has 1 rings (SSSR count). The summed E-state index contributed by atoms with van der Waals surface area (Å²) in [6.45, 7) is 3.42. The summed E-state index contributed by atoms with van der Waals surface area (Å²) in [4.78, 5) is 11.4. The standard InChI is InChI=1S/C9H13NO4S2/c1-6(2)10-16(12,13)7-4-5-15-8(7)9(11)14-3/h4-6,10H,1-3H3. The van der Waals surface area contributed by atoms with Crippen molar-refractivity contribution >= 4 is 27.3 Å². The highest BCUT2D eigenvalue weighted by Gasteiger charge is 2.24. The molecule has 0 atom stereocenters. The highest BCUT2D eigenvalue weighted by molar-refractivity contribution is 7.89. The van der Waals surface area contributed by atoms with E-state index < -0.39 is 16.0 Å². The number of carbonyl (C=O) groups is 1. The molecule has 0 fully saturated rings. The normalized spacial score (nSPS) is 11.8. The highest BCUT2D eigenvalue weighted by atomic mass is 32.2. The molecule has 0 aromatic carbocycles. The maximum Gasteiger partial charge on any atom is 0.349 e. The molecular formula is C9H13NO4S2. The fourth-order valence-electron chi connectivity index (χ4n) is 1.12. The largest absolute Gasteiger partial charge is 0.465 e. The van der Waals surface area contributed by atoms with Crippen molar-refractivity contribution in [2.24, 2.45) is 0 Å². The second-order valence-corrected chi connectivity index (χ2v) is 5.98. The van der Waals surface area contributed by atoms with Crippen LogP contribution >= 0.6 is 11.3 Å². The van der Waals surface area contributed by atoms with Gasteiger partial charge in [0.15, 0.2) is 0 Å². The van der Waals surface area contributed by atoms with Gasteiger partial charge in [-0.2, -0.15) is 0 Å². The fourth-order valence-corrected chi connectivity index (χ4v) is 3.71. The fraction of sp³-hybridized carbons (Fsp3) is 0.444. The van der Waals surface area contributed by atoms with E-state index in [1.807, 2.05) is 0 Å². The van der Waals surface area contributed by atoms with Gasteiger partial charge < -0.3 is 4.74 Å². The highest BCUT2D eigenvalue weighted by Crippen LogP contribution is 2.22. The van der Waals surface area contributed by atoms with Crippen molar-refractivity contribution in [3.8, 4) is 0 Å². The number of methoxy groups -OCH3 is 1. The Bertz CT molecular complexity index is 475. The van der Waals surface area contributed by atoms with Crippen molar-refractivity contribution in [1.29, 1.82) is 0 Å². The first-order valence-electron chi connectivity index (χ1n) is 4.56. The molecule has 0 unspecified atom stereocenters. The summed E-state index contributed by atoms with van der Waals surface area (Å²) in [5.74, 6) is -0.640. The van der Waals surface area contributed by atoms with Gasteiger partial charge in [0.05, 0.1) is 7.11 Å². The number of carbonyl (C=O) groups excluding carboxylic acids is 1. The Labute approximate surface area is 98.5 Å². The molecule has 0 amide bonds. The first kappa shape index (κ1) is 13.1. The minimum atomic E-state index is -3.64. The molecule has 0 spiro atoms. The molecule has 16 heavy (non-hydrogen) atoms. The van der Waals surface area contributed by atoms with Crippen molar-refractivity contribution in [2.45, 2.75) is 24.8 Å². The molecule has 1 heterocycles. The lowest BCUT2D eigenvalue weighted by Gasteiger charge is -2.09. The second kappa shape index (κ2) is 4.94. The van der Waals surface area contributed by atoms with E-state index in [0.717, 1.165) is 11.3 Å². The van der Waals surface area contributed by atoms with Crippen molar-refractivity contribution in [1.82, 2.24) is 4.72 Å². The van der Waals surface area contributed by atoms with Crippen LogP contribution in [0.1, 0.15) is 23.5 Å². The van der Waals surface area contributed by atoms with E-state index in [0.29, 0.717) is 0 Å².